The topological polar surface area (TPSA) is 54.9 Å². The first-order valence-electron chi connectivity index (χ1n) is 7.74. The number of nitrogens with zero attached hydrogens (tertiary/aromatic N) is 2. The Labute approximate surface area is 156 Å². The van der Waals surface area contributed by atoms with E-state index in [4.69, 9.17) is 0 Å². The summed E-state index contributed by atoms with van der Waals surface area (Å²) in [5.41, 5.74) is 0.618. The molecule has 1 amide bonds. The average Bonchev–Trinajstić information content (AvgIpc) is 3.01. The molecule has 0 aliphatic heterocycles. The van der Waals surface area contributed by atoms with Crippen LogP contribution in [0.4, 0.5) is 9.52 Å². The number of benzene rings is 1. The molecule has 1 saturated carbocycles. The van der Waals surface area contributed by atoms with Crippen LogP contribution in [0.5, 0.6) is 0 Å². The van der Waals surface area contributed by atoms with Gasteiger partial charge in [-0.15, -0.1) is 21.5 Å². The minimum atomic E-state index is -0.244. The van der Waals surface area contributed by atoms with Gasteiger partial charge in [0.2, 0.25) is 11.0 Å². The summed E-state index contributed by atoms with van der Waals surface area (Å²) in [6.45, 7) is 0. The molecule has 0 saturated heterocycles. The molecular formula is C17H14FN3OS3. The van der Waals surface area contributed by atoms with E-state index < -0.39 is 0 Å². The van der Waals surface area contributed by atoms with Crippen LogP contribution in [0.2, 0.25) is 0 Å². The Bertz CT molecular complexity index is 881. The van der Waals surface area contributed by atoms with Crippen LogP contribution in [0.3, 0.4) is 0 Å². The normalized spacial score (nSPS) is 18.9. The largest absolute Gasteiger partial charge is 0.300 e. The molecule has 8 heteroatoms. The minimum Gasteiger partial charge on any atom is -0.300 e. The molecule has 0 radical (unpaired) electrons. The molecule has 1 aliphatic rings. The monoisotopic (exact) mass is 391 g/mol. The second-order valence-electron chi connectivity index (χ2n) is 5.70. The van der Waals surface area contributed by atoms with Crippen molar-refractivity contribution in [2.45, 2.75) is 22.4 Å². The molecule has 4 nitrogen and oxygen atoms in total. The number of anilines is 1. The van der Waals surface area contributed by atoms with E-state index >= 15 is 0 Å². The highest BCUT2D eigenvalue weighted by Gasteiger charge is 2.45. The Morgan fingerprint density at radius 2 is 2.16 bits per heavy atom. The van der Waals surface area contributed by atoms with E-state index in [2.05, 4.69) is 21.6 Å². The van der Waals surface area contributed by atoms with Crippen molar-refractivity contribution in [3.8, 4) is 0 Å². The highest BCUT2D eigenvalue weighted by molar-refractivity contribution is 8.00. The summed E-state index contributed by atoms with van der Waals surface area (Å²) in [6.07, 6.45) is 0.672. The Hall–Kier alpha value is -1.77. The first kappa shape index (κ1) is 16.7. The van der Waals surface area contributed by atoms with Crippen molar-refractivity contribution in [1.29, 1.82) is 0 Å². The number of aromatic nitrogens is 2. The van der Waals surface area contributed by atoms with Crippen LogP contribution < -0.4 is 5.32 Å². The van der Waals surface area contributed by atoms with Crippen molar-refractivity contribution in [1.82, 2.24) is 10.2 Å². The lowest BCUT2D eigenvalue weighted by Crippen LogP contribution is -2.14. The molecule has 1 aliphatic carbocycles. The lowest BCUT2D eigenvalue weighted by Gasteiger charge is -2.02. The van der Waals surface area contributed by atoms with Crippen LogP contribution in [0.1, 0.15) is 22.8 Å². The molecule has 128 valence electrons. The first-order valence-corrected chi connectivity index (χ1v) is 10.4. The zero-order chi connectivity index (χ0) is 17.2. The molecule has 2 atom stereocenters. The Morgan fingerprint density at radius 3 is 2.96 bits per heavy atom. The third-order valence-corrected chi connectivity index (χ3v) is 7.07. The Morgan fingerprint density at radius 1 is 1.28 bits per heavy atom. The number of rotatable bonds is 6. The summed E-state index contributed by atoms with van der Waals surface area (Å²) in [5, 5.41) is 13.5. The smallest absolute Gasteiger partial charge is 0.229 e. The zero-order valence-corrected chi connectivity index (χ0v) is 15.5. The van der Waals surface area contributed by atoms with Crippen molar-refractivity contribution in [3.63, 3.8) is 0 Å². The highest BCUT2D eigenvalue weighted by atomic mass is 32.2. The highest BCUT2D eigenvalue weighted by Crippen LogP contribution is 2.48. The van der Waals surface area contributed by atoms with Crippen LogP contribution in [-0.4, -0.2) is 16.1 Å². The van der Waals surface area contributed by atoms with Gasteiger partial charge in [0.1, 0.15) is 5.82 Å². The van der Waals surface area contributed by atoms with E-state index in [-0.39, 0.29) is 23.6 Å². The van der Waals surface area contributed by atoms with Gasteiger partial charge in [0, 0.05) is 16.5 Å². The molecule has 1 N–H and O–H groups in total. The number of hydrogen-bond donors (Lipinski definition) is 1. The standard InChI is InChI=1S/C17H14FN3OS3/c18-14-6-2-1-5-11(14)12-8-13(12)15(22)19-16-20-21-17(25-16)24-9-10-4-3-7-23-10/h1-7,12-13H,8-9H2,(H,19,20,22). The van der Waals surface area contributed by atoms with Gasteiger partial charge in [-0.05, 0) is 35.4 Å². The summed E-state index contributed by atoms with van der Waals surface area (Å²) in [5.74, 6) is 0.258. The van der Waals surface area contributed by atoms with Gasteiger partial charge in [-0.2, -0.15) is 0 Å². The van der Waals surface area contributed by atoms with E-state index in [1.807, 2.05) is 11.4 Å². The van der Waals surface area contributed by atoms with E-state index in [1.165, 1.54) is 22.3 Å². The number of amides is 1. The van der Waals surface area contributed by atoms with Gasteiger partial charge >= 0.3 is 0 Å². The molecule has 25 heavy (non-hydrogen) atoms. The fourth-order valence-corrected chi connectivity index (χ4v) is 5.18. The lowest BCUT2D eigenvalue weighted by molar-refractivity contribution is -0.117. The van der Waals surface area contributed by atoms with Gasteiger partial charge in [0.25, 0.3) is 0 Å². The van der Waals surface area contributed by atoms with Gasteiger partial charge in [-0.1, -0.05) is 47.4 Å². The van der Waals surface area contributed by atoms with Crippen molar-refractivity contribution >= 4 is 45.5 Å². The van der Waals surface area contributed by atoms with Gasteiger partial charge in [0.05, 0.1) is 0 Å². The first-order chi connectivity index (χ1) is 12.2. The predicted octanol–water partition coefficient (Wildman–Crippen LogP) is 4.77. The molecular weight excluding hydrogens is 377 g/mol. The van der Waals surface area contributed by atoms with E-state index in [9.17, 15) is 9.18 Å². The maximum absolute atomic E-state index is 13.8. The van der Waals surface area contributed by atoms with Crippen LogP contribution in [-0.2, 0) is 10.5 Å². The number of thioether (sulfide) groups is 1. The fraction of sp³-hybridized carbons (Fsp3) is 0.235. The van der Waals surface area contributed by atoms with Crippen LogP contribution in [0, 0.1) is 11.7 Å². The van der Waals surface area contributed by atoms with Gasteiger partial charge in [-0.25, -0.2) is 4.39 Å². The summed E-state index contributed by atoms with van der Waals surface area (Å²) < 4.78 is 14.6. The van der Waals surface area contributed by atoms with Crippen LogP contribution in [0.25, 0.3) is 0 Å². The van der Waals surface area contributed by atoms with Gasteiger partial charge in [-0.3, -0.25) is 4.79 Å². The minimum absolute atomic E-state index is 0.0400. The zero-order valence-electron chi connectivity index (χ0n) is 13.0. The fourth-order valence-electron chi connectivity index (χ4n) is 2.65. The van der Waals surface area contributed by atoms with Crippen molar-refractivity contribution in [2.24, 2.45) is 5.92 Å². The maximum Gasteiger partial charge on any atom is 0.229 e. The third-order valence-electron chi connectivity index (χ3n) is 3.99. The Kier molecular flexibility index (Phi) is 4.82. The van der Waals surface area contributed by atoms with Crippen molar-refractivity contribution in [2.75, 3.05) is 5.32 Å². The Balaban J connectivity index is 1.32. The molecule has 0 bridgehead atoms. The molecule has 2 heterocycles. The number of thiophene rings is 1. The van der Waals surface area contributed by atoms with E-state index in [0.717, 1.165) is 10.1 Å². The molecule has 3 aromatic rings. The molecule has 4 rings (SSSR count). The third kappa shape index (κ3) is 3.91. The molecule has 1 aromatic carbocycles. The van der Waals surface area contributed by atoms with Gasteiger partial charge in [0.15, 0.2) is 4.34 Å². The summed E-state index contributed by atoms with van der Waals surface area (Å²) in [4.78, 5) is 13.6. The molecule has 1 fully saturated rings. The summed E-state index contributed by atoms with van der Waals surface area (Å²) >= 11 is 4.68. The summed E-state index contributed by atoms with van der Waals surface area (Å²) in [6, 6.07) is 10.7. The summed E-state index contributed by atoms with van der Waals surface area (Å²) in [7, 11) is 0. The maximum atomic E-state index is 13.8. The number of carbonyl (C=O) groups excluding carboxylic acids is 1. The second kappa shape index (κ2) is 7.23. The second-order valence-corrected chi connectivity index (χ2v) is 8.93. The number of halogens is 1. The van der Waals surface area contributed by atoms with Crippen LogP contribution >= 0.6 is 34.4 Å². The van der Waals surface area contributed by atoms with Crippen molar-refractivity contribution in [3.05, 3.63) is 58.0 Å². The molecule has 2 unspecified atom stereocenters. The SMILES string of the molecule is O=C(Nc1nnc(SCc2cccs2)s1)C1CC1c1ccccc1F. The number of carbonyl (C=O) groups is 1. The van der Waals surface area contributed by atoms with Crippen LogP contribution in [0.15, 0.2) is 46.1 Å². The average molecular weight is 392 g/mol. The van der Waals surface area contributed by atoms with E-state index in [1.54, 1.807) is 41.3 Å². The van der Waals surface area contributed by atoms with Crippen molar-refractivity contribution < 1.29 is 9.18 Å². The predicted molar refractivity (Wildman–Crippen MR) is 99.7 cm³/mol. The van der Waals surface area contributed by atoms with Gasteiger partial charge < -0.3 is 5.32 Å². The molecule has 0 spiro atoms. The quantitative estimate of drug-likeness (QED) is 0.486. The molecule has 2 aromatic heterocycles. The van der Waals surface area contributed by atoms with E-state index in [0.29, 0.717) is 17.1 Å². The lowest BCUT2D eigenvalue weighted by atomic mass is 10.1. The number of nitrogens with one attached hydrogen (secondary N) is 1. The number of hydrogen-bond acceptors (Lipinski definition) is 6.